The third kappa shape index (κ3) is 2.96. The molecular formula is C38H27N. The van der Waals surface area contributed by atoms with Crippen molar-refractivity contribution in [3.05, 3.63) is 143 Å². The topological polar surface area (TPSA) is 4.93 Å². The zero-order valence-electron chi connectivity index (χ0n) is 21.7. The lowest BCUT2D eigenvalue weighted by Gasteiger charge is -2.13. The van der Waals surface area contributed by atoms with Crippen LogP contribution in [0.2, 0.25) is 0 Å². The van der Waals surface area contributed by atoms with Crippen LogP contribution in [0.5, 0.6) is 0 Å². The van der Waals surface area contributed by atoms with E-state index in [2.05, 4.69) is 120 Å². The fourth-order valence-electron chi connectivity index (χ4n) is 7.48. The minimum Gasteiger partial charge on any atom is -0.310 e. The molecule has 1 nitrogen and oxygen atoms in total. The van der Waals surface area contributed by atoms with Crippen LogP contribution in [0, 0.1) is 0 Å². The van der Waals surface area contributed by atoms with Crippen molar-refractivity contribution in [2.75, 3.05) is 0 Å². The van der Waals surface area contributed by atoms with Crippen molar-refractivity contribution in [1.82, 2.24) is 4.57 Å². The van der Waals surface area contributed by atoms with Gasteiger partial charge in [-0.1, -0.05) is 91.0 Å². The number of hydrogen-bond donors (Lipinski definition) is 0. The fourth-order valence-corrected chi connectivity index (χ4v) is 7.48. The van der Waals surface area contributed by atoms with Crippen LogP contribution in [0.15, 0.2) is 109 Å². The van der Waals surface area contributed by atoms with Crippen molar-refractivity contribution < 1.29 is 0 Å². The van der Waals surface area contributed by atoms with Gasteiger partial charge in [-0.05, 0) is 111 Å². The second-order valence-corrected chi connectivity index (χ2v) is 11.2. The zero-order chi connectivity index (χ0) is 25.5. The molecular weight excluding hydrogens is 470 g/mol. The standard InChI is InChI=1S/C38H27N/c1-2-10-27-24(9-1)22-35-29(27)13-7-15-31(35)32-16-8-14-30-28-20-19-26(21-25(28)23-36(30)32)39-37-17-5-3-11-33(37)34-12-4-6-18-38(34)39/h1-3,5-11,13-21H,4,12,22-23H2. The van der Waals surface area contributed by atoms with E-state index in [0.717, 1.165) is 25.7 Å². The molecule has 0 radical (unpaired) electrons. The minimum atomic E-state index is 0.975. The number of benzene rings is 5. The van der Waals surface area contributed by atoms with Gasteiger partial charge in [0.15, 0.2) is 0 Å². The first-order chi connectivity index (χ1) is 19.3. The van der Waals surface area contributed by atoms with Crippen molar-refractivity contribution >= 4 is 17.0 Å². The first kappa shape index (κ1) is 21.3. The van der Waals surface area contributed by atoms with Crippen LogP contribution in [0.3, 0.4) is 0 Å². The van der Waals surface area contributed by atoms with Crippen molar-refractivity contribution in [2.24, 2.45) is 0 Å². The molecule has 39 heavy (non-hydrogen) atoms. The van der Waals surface area contributed by atoms with Gasteiger partial charge < -0.3 is 4.57 Å². The van der Waals surface area contributed by atoms with Gasteiger partial charge in [-0.25, -0.2) is 0 Å². The molecule has 0 atom stereocenters. The lowest BCUT2D eigenvalue weighted by Crippen LogP contribution is -2.01. The Bertz CT molecular complexity index is 2020. The molecule has 5 aromatic carbocycles. The number of aryl methyl sites for hydroxylation is 1. The molecule has 0 aliphatic heterocycles. The molecule has 3 aliphatic rings. The molecule has 0 saturated carbocycles. The van der Waals surface area contributed by atoms with Crippen molar-refractivity contribution in [3.63, 3.8) is 0 Å². The molecule has 0 amide bonds. The monoisotopic (exact) mass is 497 g/mol. The highest BCUT2D eigenvalue weighted by atomic mass is 15.0. The van der Waals surface area contributed by atoms with Gasteiger partial charge in [0.25, 0.3) is 0 Å². The van der Waals surface area contributed by atoms with E-state index in [0.29, 0.717) is 0 Å². The number of nitrogens with zero attached hydrogens (tertiary/aromatic N) is 1. The van der Waals surface area contributed by atoms with Gasteiger partial charge in [-0.15, -0.1) is 0 Å². The Balaban J connectivity index is 1.18. The normalized spacial score (nSPS) is 14.2. The third-order valence-electron chi connectivity index (χ3n) is 9.18. The molecule has 6 aromatic rings. The van der Waals surface area contributed by atoms with E-state index in [1.807, 2.05) is 0 Å². The highest BCUT2D eigenvalue weighted by molar-refractivity contribution is 5.92. The Labute approximate surface area is 228 Å². The van der Waals surface area contributed by atoms with Crippen LogP contribution in [-0.4, -0.2) is 4.57 Å². The van der Waals surface area contributed by atoms with Crippen LogP contribution in [0.25, 0.3) is 56.0 Å². The van der Waals surface area contributed by atoms with Crippen LogP contribution < -0.4 is 0 Å². The van der Waals surface area contributed by atoms with Gasteiger partial charge in [0.1, 0.15) is 0 Å². The van der Waals surface area contributed by atoms with E-state index in [4.69, 9.17) is 0 Å². The smallest absolute Gasteiger partial charge is 0.0537 e. The number of aromatic nitrogens is 1. The van der Waals surface area contributed by atoms with Crippen LogP contribution in [0.4, 0.5) is 0 Å². The maximum Gasteiger partial charge on any atom is 0.0537 e. The van der Waals surface area contributed by atoms with E-state index < -0.39 is 0 Å². The van der Waals surface area contributed by atoms with Crippen molar-refractivity contribution in [1.29, 1.82) is 0 Å². The van der Waals surface area contributed by atoms with E-state index >= 15 is 0 Å². The molecule has 1 heteroatoms. The Morgan fingerprint density at radius 3 is 1.97 bits per heavy atom. The van der Waals surface area contributed by atoms with E-state index in [-0.39, 0.29) is 0 Å². The number of hydrogen-bond acceptors (Lipinski definition) is 0. The first-order valence-electron chi connectivity index (χ1n) is 14.1. The number of fused-ring (bicyclic) bond motifs is 9. The highest BCUT2D eigenvalue weighted by Crippen LogP contribution is 2.47. The molecule has 9 rings (SSSR count). The van der Waals surface area contributed by atoms with Gasteiger partial charge >= 0.3 is 0 Å². The van der Waals surface area contributed by atoms with Crippen molar-refractivity contribution in [3.8, 4) is 39.1 Å². The molecule has 184 valence electrons. The molecule has 0 N–H and O–H groups in total. The minimum absolute atomic E-state index is 0.975. The second-order valence-electron chi connectivity index (χ2n) is 11.2. The largest absolute Gasteiger partial charge is 0.310 e. The summed E-state index contributed by atoms with van der Waals surface area (Å²) < 4.78 is 2.48. The quantitative estimate of drug-likeness (QED) is 0.224. The van der Waals surface area contributed by atoms with Gasteiger partial charge in [0.2, 0.25) is 0 Å². The lowest BCUT2D eigenvalue weighted by molar-refractivity contribution is 0.967. The Hall–Kier alpha value is -4.62. The summed E-state index contributed by atoms with van der Waals surface area (Å²) in [5, 5.41) is 1.39. The lowest BCUT2D eigenvalue weighted by atomic mass is 9.90. The molecule has 0 fully saturated rings. The van der Waals surface area contributed by atoms with Crippen molar-refractivity contribution in [2.45, 2.75) is 25.7 Å². The predicted octanol–water partition coefficient (Wildman–Crippen LogP) is 9.40. The van der Waals surface area contributed by atoms with E-state index in [1.165, 1.54) is 83.5 Å². The molecule has 0 saturated heterocycles. The predicted molar refractivity (Wildman–Crippen MR) is 163 cm³/mol. The molecule has 1 aromatic heterocycles. The number of rotatable bonds is 2. The highest BCUT2D eigenvalue weighted by Gasteiger charge is 2.27. The van der Waals surface area contributed by atoms with Gasteiger partial charge in [0, 0.05) is 16.8 Å². The second kappa shape index (κ2) is 7.94. The summed E-state index contributed by atoms with van der Waals surface area (Å²) in [7, 11) is 0. The first-order valence-corrected chi connectivity index (χ1v) is 14.1. The van der Waals surface area contributed by atoms with Gasteiger partial charge in [0.05, 0.1) is 5.52 Å². The Kier molecular flexibility index (Phi) is 4.34. The van der Waals surface area contributed by atoms with Crippen LogP contribution in [0.1, 0.15) is 39.9 Å². The summed E-state index contributed by atoms with van der Waals surface area (Å²) in [5.41, 5.74) is 19.6. The van der Waals surface area contributed by atoms with Crippen LogP contribution in [-0.2, 0) is 19.3 Å². The molecule has 1 heterocycles. The molecule has 3 aliphatic carbocycles. The molecule has 0 bridgehead atoms. The molecule has 0 spiro atoms. The number of allylic oxidation sites excluding steroid dienone is 1. The average Bonchev–Trinajstić information content (AvgIpc) is 3.66. The number of para-hydroxylation sites is 1. The molecule has 0 unspecified atom stereocenters. The summed E-state index contributed by atoms with van der Waals surface area (Å²) in [6.45, 7) is 0. The zero-order valence-corrected chi connectivity index (χ0v) is 21.7. The Morgan fingerprint density at radius 2 is 1.15 bits per heavy atom. The SMILES string of the molecule is C1=Cc2c(c3ccccc3n2-c2ccc3c(c2)Cc2c-3cccc2-c2cccc3c2Cc2ccccc2-3)CC1. The summed E-state index contributed by atoms with van der Waals surface area (Å²) >= 11 is 0. The third-order valence-corrected chi connectivity index (χ3v) is 9.18. The maximum atomic E-state index is 2.48. The summed E-state index contributed by atoms with van der Waals surface area (Å²) in [4.78, 5) is 0. The summed E-state index contributed by atoms with van der Waals surface area (Å²) in [5.74, 6) is 0. The average molecular weight is 498 g/mol. The summed E-state index contributed by atoms with van der Waals surface area (Å²) in [6, 6.07) is 38.7. The van der Waals surface area contributed by atoms with E-state index in [9.17, 15) is 0 Å². The van der Waals surface area contributed by atoms with Gasteiger partial charge in [-0.3, -0.25) is 0 Å². The maximum absolute atomic E-state index is 2.48. The van der Waals surface area contributed by atoms with Crippen LogP contribution >= 0.6 is 0 Å². The van der Waals surface area contributed by atoms with Gasteiger partial charge in [-0.2, -0.15) is 0 Å². The summed E-state index contributed by atoms with van der Waals surface area (Å²) in [6.07, 6.45) is 8.88. The Morgan fingerprint density at radius 1 is 0.513 bits per heavy atom. The van der Waals surface area contributed by atoms with E-state index in [1.54, 1.807) is 0 Å². The fraction of sp³-hybridized carbons (Fsp3) is 0.105.